The molecule has 2 unspecified atom stereocenters. The average Bonchev–Trinajstić information content (AvgIpc) is 2.79. The molecule has 0 N–H and O–H groups in total. The Kier molecular flexibility index (Phi) is 3.97. The molecule has 1 aliphatic carbocycles. The van der Waals surface area contributed by atoms with Gasteiger partial charge in [-0.1, -0.05) is 29.8 Å². The van der Waals surface area contributed by atoms with Crippen LogP contribution in [-0.2, 0) is 19.6 Å². The molecule has 2 saturated heterocycles. The number of imide groups is 1. The SMILES string of the molecule is O=C1C2CC=CCC2C(=O)N1C1CN(S(=O)(=O)c2cccc(Cl)c2)C1. The summed E-state index contributed by atoms with van der Waals surface area (Å²) >= 11 is 5.87. The summed E-state index contributed by atoms with van der Waals surface area (Å²) in [4.78, 5) is 26.5. The van der Waals surface area contributed by atoms with Crippen LogP contribution in [0.2, 0.25) is 5.02 Å². The van der Waals surface area contributed by atoms with E-state index in [2.05, 4.69) is 0 Å². The molecule has 2 heterocycles. The van der Waals surface area contributed by atoms with Crippen molar-refractivity contribution in [3.63, 3.8) is 0 Å². The van der Waals surface area contributed by atoms with Gasteiger partial charge in [0.05, 0.1) is 22.8 Å². The van der Waals surface area contributed by atoms with Crippen molar-refractivity contribution in [1.82, 2.24) is 9.21 Å². The predicted octanol–water partition coefficient (Wildman–Crippen LogP) is 1.66. The molecule has 0 saturated carbocycles. The van der Waals surface area contributed by atoms with E-state index in [9.17, 15) is 18.0 Å². The Hall–Kier alpha value is -1.70. The highest BCUT2D eigenvalue weighted by molar-refractivity contribution is 7.89. The van der Waals surface area contributed by atoms with Gasteiger partial charge in [-0.2, -0.15) is 4.31 Å². The highest BCUT2D eigenvalue weighted by atomic mass is 35.5. The van der Waals surface area contributed by atoms with Crippen LogP contribution in [0.25, 0.3) is 0 Å². The van der Waals surface area contributed by atoms with Crippen LogP contribution in [-0.4, -0.2) is 48.6 Å². The number of benzene rings is 1. The first kappa shape index (κ1) is 16.8. The number of halogens is 1. The number of sulfonamides is 1. The Labute approximate surface area is 151 Å². The molecule has 2 amide bonds. The topological polar surface area (TPSA) is 74.8 Å². The Morgan fingerprint density at radius 1 is 1.00 bits per heavy atom. The van der Waals surface area contributed by atoms with E-state index in [4.69, 9.17) is 11.6 Å². The quantitative estimate of drug-likeness (QED) is 0.590. The fourth-order valence-corrected chi connectivity index (χ4v) is 5.55. The molecule has 6 nitrogen and oxygen atoms in total. The second-order valence-electron chi connectivity index (χ2n) is 6.64. The first-order valence-electron chi connectivity index (χ1n) is 8.17. The van der Waals surface area contributed by atoms with E-state index in [1.165, 1.54) is 21.3 Å². The van der Waals surface area contributed by atoms with Crippen LogP contribution in [0.5, 0.6) is 0 Å². The summed E-state index contributed by atoms with van der Waals surface area (Å²) in [6, 6.07) is 5.70. The van der Waals surface area contributed by atoms with E-state index >= 15 is 0 Å². The Morgan fingerprint density at radius 3 is 2.16 bits per heavy atom. The van der Waals surface area contributed by atoms with Gasteiger partial charge in [-0.05, 0) is 31.0 Å². The molecule has 0 aromatic heterocycles. The number of allylic oxidation sites excluding steroid dienone is 2. The minimum absolute atomic E-state index is 0.121. The summed E-state index contributed by atoms with van der Waals surface area (Å²) in [5.41, 5.74) is 0. The molecule has 3 aliphatic rings. The van der Waals surface area contributed by atoms with E-state index in [1.54, 1.807) is 12.1 Å². The Bertz CT molecular complexity index is 850. The van der Waals surface area contributed by atoms with Crippen LogP contribution in [0.4, 0.5) is 0 Å². The third-order valence-electron chi connectivity index (χ3n) is 5.17. The molecule has 0 spiro atoms. The van der Waals surface area contributed by atoms with Crippen LogP contribution in [0, 0.1) is 11.8 Å². The van der Waals surface area contributed by atoms with Crippen LogP contribution in [0.1, 0.15) is 12.8 Å². The van der Waals surface area contributed by atoms with Crippen molar-refractivity contribution in [2.24, 2.45) is 11.8 Å². The van der Waals surface area contributed by atoms with Gasteiger partial charge in [-0.25, -0.2) is 8.42 Å². The molecule has 132 valence electrons. The van der Waals surface area contributed by atoms with Crippen LogP contribution in [0.3, 0.4) is 0 Å². The molecule has 2 atom stereocenters. The Balaban J connectivity index is 1.49. The summed E-state index contributed by atoms with van der Waals surface area (Å²) in [6.45, 7) is 0.276. The lowest BCUT2D eigenvalue weighted by atomic mass is 9.85. The number of hydrogen-bond acceptors (Lipinski definition) is 4. The summed E-state index contributed by atoms with van der Waals surface area (Å²) in [5.74, 6) is -0.888. The van der Waals surface area contributed by atoms with E-state index in [0.717, 1.165) is 0 Å². The van der Waals surface area contributed by atoms with Gasteiger partial charge < -0.3 is 0 Å². The first-order valence-corrected chi connectivity index (χ1v) is 9.99. The lowest BCUT2D eigenvalue weighted by Crippen LogP contribution is -2.62. The maximum absolute atomic E-state index is 12.6. The molecule has 2 aliphatic heterocycles. The molecule has 0 radical (unpaired) electrons. The minimum Gasteiger partial charge on any atom is -0.276 e. The zero-order chi connectivity index (χ0) is 17.8. The van der Waals surface area contributed by atoms with Crippen molar-refractivity contribution in [2.45, 2.75) is 23.8 Å². The fourth-order valence-electron chi connectivity index (χ4n) is 3.74. The van der Waals surface area contributed by atoms with E-state index in [0.29, 0.717) is 17.9 Å². The third kappa shape index (κ3) is 2.61. The van der Waals surface area contributed by atoms with Gasteiger partial charge in [0.25, 0.3) is 0 Å². The maximum Gasteiger partial charge on any atom is 0.243 e. The van der Waals surface area contributed by atoms with Crippen molar-refractivity contribution in [3.05, 3.63) is 41.4 Å². The molecule has 2 fully saturated rings. The van der Waals surface area contributed by atoms with E-state index in [1.807, 2.05) is 12.2 Å². The largest absolute Gasteiger partial charge is 0.276 e. The highest BCUT2D eigenvalue weighted by Gasteiger charge is 2.53. The molecule has 25 heavy (non-hydrogen) atoms. The molecule has 1 aromatic carbocycles. The van der Waals surface area contributed by atoms with Gasteiger partial charge in [-0.3, -0.25) is 14.5 Å². The number of amides is 2. The summed E-state index contributed by atoms with van der Waals surface area (Å²) in [6.07, 6.45) is 5.05. The molecule has 0 bridgehead atoms. The number of carbonyl (C=O) groups excluding carboxylic acids is 2. The van der Waals surface area contributed by atoms with E-state index < -0.39 is 10.0 Å². The van der Waals surface area contributed by atoms with Crippen LogP contribution < -0.4 is 0 Å². The van der Waals surface area contributed by atoms with Crippen molar-refractivity contribution in [2.75, 3.05) is 13.1 Å². The third-order valence-corrected chi connectivity index (χ3v) is 7.23. The first-order chi connectivity index (χ1) is 11.9. The zero-order valence-corrected chi connectivity index (χ0v) is 14.9. The van der Waals surface area contributed by atoms with Crippen molar-refractivity contribution >= 4 is 33.4 Å². The lowest BCUT2D eigenvalue weighted by molar-refractivity contribution is -0.145. The average molecular weight is 381 g/mol. The lowest BCUT2D eigenvalue weighted by Gasteiger charge is -2.42. The normalized spacial score (nSPS) is 27.5. The zero-order valence-electron chi connectivity index (χ0n) is 13.3. The molecular formula is C17H17ClN2O4S. The standard InChI is InChI=1S/C17H17ClN2O4S/c18-11-4-3-5-13(8-11)25(23,24)19-9-12(10-19)20-16(21)14-6-1-2-7-15(14)17(20)22/h1-5,8,12,14-15H,6-7,9-10H2. The predicted molar refractivity (Wildman–Crippen MR) is 91.2 cm³/mol. The number of rotatable bonds is 3. The second-order valence-corrected chi connectivity index (χ2v) is 9.01. The Morgan fingerprint density at radius 2 is 1.60 bits per heavy atom. The maximum atomic E-state index is 12.6. The monoisotopic (exact) mass is 380 g/mol. The number of carbonyl (C=O) groups is 2. The summed E-state index contributed by atoms with van der Waals surface area (Å²) in [5, 5.41) is 0.347. The van der Waals surface area contributed by atoms with Crippen molar-refractivity contribution in [3.8, 4) is 0 Å². The van der Waals surface area contributed by atoms with Gasteiger partial charge in [0.15, 0.2) is 0 Å². The van der Waals surface area contributed by atoms with Gasteiger partial charge in [0.1, 0.15) is 0 Å². The number of fused-ring (bicyclic) bond motifs is 1. The van der Waals surface area contributed by atoms with Crippen LogP contribution in [0.15, 0.2) is 41.3 Å². The number of likely N-dealkylation sites (tertiary alicyclic amines) is 1. The molecule has 8 heteroatoms. The van der Waals surface area contributed by atoms with Gasteiger partial charge >= 0.3 is 0 Å². The summed E-state index contributed by atoms with van der Waals surface area (Å²) < 4.78 is 26.5. The summed E-state index contributed by atoms with van der Waals surface area (Å²) in [7, 11) is -3.66. The molecule has 4 rings (SSSR count). The van der Waals surface area contributed by atoms with Gasteiger partial charge in [-0.15, -0.1) is 0 Å². The molecule has 1 aromatic rings. The van der Waals surface area contributed by atoms with Gasteiger partial charge in [0.2, 0.25) is 21.8 Å². The smallest absolute Gasteiger partial charge is 0.243 e. The fraction of sp³-hybridized carbons (Fsp3) is 0.412. The van der Waals surface area contributed by atoms with E-state index in [-0.39, 0.29) is 47.7 Å². The van der Waals surface area contributed by atoms with Crippen molar-refractivity contribution < 1.29 is 18.0 Å². The van der Waals surface area contributed by atoms with Crippen LogP contribution >= 0.6 is 11.6 Å². The molecular weight excluding hydrogens is 364 g/mol. The highest BCUT2D eigenvalue weighted by Crippen LogP contribution is 2.38. The number of nitrogens with zero attached hydrogens (tertiary/aromatic N) is 2. The van der Waals surface area contributed by atoms with Crippen molar-refractivity contribution in [1.29, 1.82) is 0 Å². The van der Waals surface area contributed by atoms with Gasteiger partial charge in [0, 0.05) is 18.1 Å². The minimum atomic E-state index is -3.66. The number of hydrogen-bond donors (Lipinski definition) is 0. The second kappa shape index (κ2) is 5.93.